The average molecular weight is 338 g/mol. The molecule has 24 heavy (non-hydrogen) atoms. The lowest BCUT2D eigenvalue weighted by Crippen LogP contribution is -2.13. The summed E-state index contributed by atoms with van der Waals surface area (Å²) in [6, 6.07) is 0. The standard InChI is InChI=1S/C16H26N4O4/c1-3-19(15-17-1)5-7-21-9-11-23-13-14-24-12-10-22-8-6-20-4-2-18-16-20/h1-4,15-16H,5-14H2. The lowest BCUT2D eigenvalue weighted by molar-refractivity contribution is -0.00324. The molecule has 0 aliphatic heterocycles. The predicted molar refractivity (Wildman–Crippen MR) is 87.7 cm³/mol. The van der Waals surface area contributed by atoms with Crippen LogP contribution in [0.25, 0.3) is 0 Å². The highest BCUT2D eigenvalue weighted by molar-refractivity contribution is 4.74. The summed E-state index contributed by atoms with van der Waals surface area (Å²) in [7, 11) is 0. The topological polar surface area (TPSA) is 72.6 Å². The van der Waals surface area contributed by atoms with E-state index in [1.165, 1.54) is 0 Å². The molecule has 0 bridgehead atoms. The van der Waals surface area contributed by atoms with Gasteiger partial charge in [0.15, 0.2) is 0 Å². The van der Waals surface area contributed by atoms with Gasteiger partial charge in [0.05, 0.1) is 65.5 Å². The second-order valence-electron chi connectivity index (χ2n) is 5.05. The highest BCUT2D eigenvalue weighted by atomic mass is 16.6. The molecule has 2 heterocycles. The Labute approximate surface area is 142 Å². The Morgan fingerprint density at radius 2 is 0.917 bits per heavy atom. The van der Waals surface area contributed by atoms with Gasteiger partial charge >= 0.3 is 0 Å². The van der Waals surface area contributed by atoms with Crippen molar-refractivity contribution in [2.45, 2.75) is 13.1 Å². The molecular formula is C16H26N4O4. The molecule has 0 saturated carbocycles. The highest BCUT2D eigenvalue weighted by Gasteiger charge is 1.94. The SMILES string of the molecule is c1cn(CCOCCOCCOCCOCCn2ccnc2)cn1. The van der Waals surface area contributed by atoms with Crippen molar-refractivity contribution in [3.05, 3.63) is 37.4 Å². The number of nitrogens with zero attached hydrogens (tertiary/aromatic N) is 4. The molecule has 0 fully saturated rings. The Kier molecular flexibility index (Phi) is 9.81. The van der Waals surface area contributed by atoms with Crippen molar-refractivity contribution in [1.82, 2.24) is 19.1 Å². The number of hydrogen-bond acceptors (Lipinski definition) is 6. The number of aromatic nitrogens is 4. The largest absolute Gasteiger partial charge is 0.377 e. The van der Waals surface area contributed by atoms with Gasteiger partial charge in [0, 0.05) is 37.9 Å². The zero-order valence-electron chi connectivity index (χ0n) is 14.0. The predicted octanol–water partition coefficient (Wildman–Crippen LogP) is 0.846. The first-order chi connectivity index (χ1) is 11.9. The van der Waals surface area contributed by atoms with Crippen LogP contribution in [0.2, 0.25) is 0 Å². The van der Waals surface area contributed by atoms with E-state index < -0.39 is 0 Å². The fourth-order valence-electron chi connectivity index (χ4n) is 1.94. The van der Waals surface area contributed by atoms with Crippen molar-refractivity contribution < 1.29 is 18.9 Å². The summed E-state index contributed by atoms with van der Waals surface area (Å²) in [4.78, 5) is 7.94. The Hall–Kier alpha value is -1.74. The molecule has 8 nitrogen and oxygen atoms in total. The minimum atomic E-state index is 0.569. The first kappa shape index (κ1) is 18.6. The van der Waals surface area contributed by atoms with E-state index in [2.05, 4.69) is 9.97 Å². The monoisotopic (exact) mass is 338 g/mol. The molecule has 2 aromatic rings. The van der Waals surface area contributed by atoms with Crippen LogP contribution in [0.5, 0.6) is 0 Å². The van der Waals surface area contributed by atoms with E-state index in [0.29, 0.717) is 52.9 Å². The fourth-order valence-corrected chi connectivity index (χ4v) is 1.94. The lowest BCUT2D eigenvalue weighted by atomic mass is 10.6. The third-order valence-corrected chi connectivity index (χ3v) is 3.22. The van der Waals surface area contributed by atoms with Crippen LogP contribution in [0.4, 0.5) is 0 Å². The summed E-state index contributed by atoms with van der Waals surface area (Å²) in [6.45, 7) is 6.41. The second-order valence-corrected chi connectivity index (χ2v) is 5.05. The Morgan fingerprint density at radius 1 is 0.542 bits per heavy atom. The molecule has 0 radical (unpaired) electrons. The van der Waals surface area contributed by atoms with Gasteiger partial charge in [-0.15, -0.1) is 0 Å². The molecule has 2 rings (SSSR count). The van der Waals surface area contributed by atoms with Crippen LogP contribution in [0.1, 0.15) is 0 Å². The van der Waals surface area contributed by atoms with Crippen molar-refractivity contribution in [1.29, 1.82) is 0 Å². The maximum Gasteiger partial charge on any atom is 0.0946 e. The summed E-state index contributed by atoms with van der Waals surface area (Å²) in [5.41, 5.74) is 0. The van der Waals surface area contributed by atoms with Gasteiger partial charge in [0.1, 0.15) is 0 Å². The summed E-state index contributed by atoms with van der Waals surface area (Å²) >= 11 is 0. The van der Waals surface area contributed by atoms with Crippen LogP contribution >= 0.6 is 0 Å². The lowest BCUT2D eigenvalue weighted by Gasteiger charge is -2.08. The normalized spacial score (nSPS) is 11.2. The van der Waals surface area contributed by atoms with E-state index in [-0.39, 0.29) is 0 Å². The van der Waals surface area contributed by atoms with E-state index in [1.807, 2.05) is 21.5 Å². The molecular weight excluding hydrogens is 312 g/mol. The summed E-state index contributed by atoms with van der Waals surface area (Å²) in [5.74, 6) is 0. The summed E-state index contributed by atoms with van der Waals surface area (Å²) in [6.07, 6.45) is 10.9. The van der Waals surface area contributed by atoms with Crippen LogP contribution in [-0.2, 0) is 32.0 Å². The second kappa shape index (κ2) is 12.7. The van der Waals surface area contributed by atoms with E-state index in [1.54, 1.807) is 25.0 Å². The first-order valence-electron chi connectivity index (χ1n) is 8.17. The molecule has 0 unspecified atom stereocenters. The smallest absolute Gasteiger partial charge is 0.0946 e. The van der Waals surface area contributed by atoms with Crippen LogP contribution in [0.3, 0.4) is 0 Å². The molecule has 134 valence electrons. The molecule has 0 aliphatic carbocycles. The van der Waals surface area contributed by atoms with E-state index in [4.69, 9.17) is 18.9 Å². The van der Waals surface area contributed by atoms with Gasteiger partial charge in [0.2, 0.25) is 0 Å². The number of imidazole rings is 2. The van der Waals surface area contributed by atoms with Crippen LogP contribution < -0.4 is 0 Å². The van der Waals surface area contributed by atoms with Crippen molar-refractivity contribution in [2.75, 3.05) is 52.9 Å². The Morgan fingerprint density at radius 3 is 1.25 bits per heavy atom. The molecule has 0 aromatic carbocycles. The third-order valence-electron chi connectivity index (χ3n) is 3.22. The van der Waals surface area contributed by atoms with Crippen molar-refractivity contribution in [3.63, 3.8) is 0 Å². The quantitative estimate of drug-likeness (QED) is 0.448. The number of hydrogen-bond donors (Lipinski definition) is 0. The van der Waals surface area contributed by atoms with Gasteiger partial charge in [-0.3, -0.25) is 0 Å². The zero-order chi connectivity index (χ0) is 16.7. The zero-order valence-corrected chi connectivity index (χ0v) is 14.0. The fraction of sp³-hybridized carbons (Fsp3) is 0.625. The van der Waals surface area contributed by atoms with Gasteiger partial charge < -0.3 is 28.1 Å². The summed E-state index contributed by atoms with van der Waals surface area (Å²) < 4.78 is 25.7. The minimum absolute atomic E-state index is 0.569. The van der Waals surface area contributed by atoms with Gasteiger partial charge in [0.25, 0.3) is 0 Å². The molecule has 0 N–H and O–H groups in total. The Bertz CT molecular complexity index is 444. The molecule has 0 amide bonds. The maximum atomic E-state index is 5.47. The molecule has 0 saturated heterocycles. The molecule has 0 aliphatic rings. The van der Waals surface area contributed by atoms with E-state index in [0.717, 1.165) is 13.1 Å². The molecule has 0 atom stereocenters. The number of rotatable bonds is 15. The van der Waals surface area contributed by atoms with Gasteiger partial charge in [-0.2, -0.15) is 0 Å². The average Bonchev–Trinajstić information content (AvgIpc) is 3.28. The molecule has 8 heteroatoms. The highest BCUT2D eigenvalue weighted by Crippen LogP contribution is 1.88. The van der Waals surface area contributed by atoms with Crippen LogP contribution in [-0.4, -0.2) is 72.0 Å². The molecule has 0 spiro atoms. The van der Waals surface area contributed by atoms with E-state index >= 15 is 0 Å². The van der Waals surface area contributed by atoms with Gasteiger partial charge in [-0.1, -0.05) is 0 Å². The van der Waals surface area contributed by atoms with Gasteiger partial charge in [-0.25, -0.2) is 9.97 Å². The maximum absolute atomic E-state index is 5.47. The first-order valence-corrected chi connectivity index (χ1v) is 8.17. The van der Waals surface area contributed by atoms with Crippen molar-refractivity contribution in [3.8, 4) is 0 Å². The van der Waals surface area contributed by atoms with Crippen LogP contribution in [0.15, 0.2) is 37.4 Å². The third kappa shape index (κ3) is 8.78. The van der Waals surface area contributed by atoms with E-state index in [9.17, 15) is 0 Å². The minimum Gasteiger partial charge on any atom is -0.377 e. The van der Waals surface area contributed by atoms with Crippen molar-refractivity contribution >= 4 is 0 Å². The van der Waals surface area contributed by atoms with Gasteiger partial charge in [-0.05, 0) is 0 Å². The summed E-state index contributed by atoms with van der Waals surface area (Å²) in [5, 5.41) is 0. The Balaban J connectivity index is 1.25. The molecule has 2 aromatic heterocycles. The van der Waals surface area contributed by atoms with Crippen LogP contribution in [0, 0.1) is 0 Å². The number of ether oxygens (including phenoxy) is 4. The van der Waals surface area contributed by atoms with Crippen molar-refractivity contribution in [2.24, 2.45) is 0 Å².